The average molecular weight is 293 g/mol. The van der Waals surface area contributed by atoms with Crippen molar-refractivity contribution in [3.63, 3.8) is 0 Å². The molecule has 0 bridgehead atoms. The van der Waals surface area contributed by atoms with Gasteiger partial charge in [0.1, 0.15) is 11.6 Å². The van der Waals surface area contributed by atoms with E-state index in [0.717, 1.165) is 18.4 Å². The molecular formula is C18H19N3O. The molecule has 0 fully saturated rings. The van der Waals surface area contributed by atoms with Crippen LogP contribution in [0.5, 0.6) is 0 Å². The van der Waals surface area contributed by atoms with Crippen molar-refractivity contribution >= 4 is 6.02 Å². The maximum atomic E-state index is 5.80. The zero-order valence-corrected chi connectivity index (χ0v) is 12.8. The first kappa shape index (κ1) is 13.3. The van der Waals surface area contributed by atoms with Crippen LogP contribution in [-0.4, -0.2) is 22.6 Å². The number of nitrogens with zero attached hydrogens (tertiary/aromatic N) is 2. The van der Waals surface area contributed by atoms with E-state index in [9.17, 15) is 0 Å². The number of ether oxygens (including phenoxy) is 1. The minimum absolute atomic E-state index is 0.0170. The van der Waals surface area contributed by atoms with E-state index in [-0.39, 0.29) is 11.6 Å². The average Bonchev–Trinajstić information content (AvgIpc) is 2.98. The summed E-state index contributed by atoms with van der Waals surface area (Å²) >= 11 is 0. The summed E-state index contributed by atoms with van der Waals surface area (Å²) in [6.07, 6.45) is 5.58. The highest BCUT2D eigenvalue weighted by Crippen LogP contribution is 2.43. The zero-order chi connectivity index (χ0) is 15.3. The van der Waals surface area contributed by atoms with Crippen molar-refractivity contribution in [3.8, 4) is 11.1 Å². The van der Waals surface area contributed by atoms with E-state index in [1.807, 2.05) is 12.4 Å². The molecule has 1 spiro atoms. The molecule has 22 heavy (non-hydrogen) atoms. The van der Waals surface area contributed by atoms with Crippen molar-refractivity contribution in [3.05, 3.63) is 53.3 Å². The van der Waals surface area contributed by atoms with Crippen LogP contribution >= 0.6 is 0 Å². The molecule has 0 radical (unpaired) electrons. The molecule has 2 atom stereocenters. The van der Waals surface area contributed by atoms with Crippen molar-refractivity contribution in [2.45, 2.75) is 38.3 Å². The molecule has 112 valence electrons. The fraction of sp³-hybridized carbons (Fsp3) is 0.333. The molecule has 1 aliphatic carbocycles. The number of aliphatic imine (C=N–C) groups is 1. The van der Waals surface area contributed by atoms with E-state index in [0.29, 0.717) is 6.02 Å². The zero-order valence-electron chi connectivity index (χ0n) is 12.8. The number of aromatic nitrogens is 1. The normalized spacial score (nSPS) is 25.9. The molecule has 0 saturated heterocycles. The summed E-state index contributed by atoms with van der Waals surface area (Å²) in [5, 5.41) is 0. The van der Waals surface area contributed by atoms with Gasteiger partial charge in [0, 0.05) is 30.8 Å². The number of nitrogens with two attached hydrogens (primary N) is 1. The molecule has 2 N–H and O–H groups in total. The third-order valence-corrected chi connectivity index (χ3v) is 4.83. The van der Waals surface area contributed by atoms with Crippen LogP contribution in [0.3, 0.4) is 0 Å². The summed E-state index contributed by atoms with van der Waals surface area (Å²) < 4.78 is 5.61. The van der Waals surface area contributed by atoms with Gasteiger partial charge in [-0.05, 0) is 42.2 Å². The van der Waals surface area contributed by atoms with Gasteiger partial charge in [0.2, 0.25) is 0 Å². The second kappa shape index (κ2) is 4.57. The first-order chi connectivity index (χ1) is 10.6. The fourth-order valence-corrected chi connectivity index (χ4v) is 3.67. The monoisotopic (exact) mass is 293 g/mol. The minimum Gasteiger partial charge on any atom is -0.460 e. The minimum atomic E-state index is -0.236. The maximum Gasteiger partial charge on any atom is 0.282 e. The molecule has 1 aromatic carbocycles. The van der Waals surface area contributed by atoms with Crippen molar-refractivity contribution in [2.75, 3.05) is 0 Å². The predicted molar refractivity (Wildman–Crippen MR) is 86.7 cm³/mol. The van der Waals surface area contributed by atoms with E-state index in [4.69, 9.17) is 10.5 Å². The molecule has 2 aromatic rings. The number of hydrogen-bond donors (Lipinski definition) is 1. The molecule has 2 heterocycles. The van der Waals surface area contributed by atoms with Gasteiger partial charge in [0.25, 0.3) is 6.02 Å². The van der Waals surface area contributed by atoms with Gasteiger partial charge in [-0.25, -0.2) is 4.99 Å². The lowest BCUT2D eigenvalue weighted by atomic mass is 9.90. The van der Waals surface area contributed by atoms with Crippen molar-refractivity contribution < 1.29 is 4.74 Å². The summed E-state index contributed by atoms with van der Waals surface area (Å²) in [7, 11) is 0. The van der Waals surface area contributed by atoms with Crippen LogP contribution in [-0.2, 0) is 17.6 Å². The third-order valence-electron chi connectivity index (χ3n) is 4.83. The van der Waals surface area contributed by atoms with E-state index in [2.05, 4.69) is 48.1 Å². The number of pyridine rings is 1. The molecule has 1 aromatic heterocycles. The van der Waals surface area contributed by atoms with Crippen LogP contribution in [0, 0.1) is 6.92 Å². The van der Waals surface area contributed by atoms with Gasteiger partial charge in [0.15, 0.2) is 0 Å². The summed E-state index contributed by atoms with van der Waals surface area (Å²) in [5.41, 5.74) is 11.8. The van der Waals surface area contributed by atoms with Crippen LogP contribution in [0.4, 0.5) is 0 Å². The number of rotatable bonds is 1. The largest absolute Gasteiger partial charge is 0.460 e. The van der Waals surface area contributed by atoms with Gasteiger partial charge < -0.3 is 10.5 Å². The second-order valence-corrected chi connectivity index (χ2v) is 6.36. The van der Waals surface area contributed by atoms with Crippen molar-refractivity contribution in [2.24, 2.45) is 10.7 Å². The van der Waals surface area contributed by atoms with E-state index in [1.54, 1.807) is 0 Å². The standard InChI is InChI=1S/C18H19N3O/c1-11-6-14(10-20-9-11)15-5-3-4-13-7-18(8-16(13)15)12(2)22-17(19)21-18/h3-6,9-10,12H,7-8H2,1-2H3,(H2,19,21). The van der Waals surface area contributed by atoms with Gasteiger partial charge in [-0.1, -0.05) is 18.2 Å². The number of amidine groups is 1. The summed E-state index contributed by atoms with van der Waals surface area (Å²) in [5.74, 6) is 0. The highest BCUT2D eigenvalue weighted by Gasteiger charge is 2.48. The number of benzene rings is 1. The lowest BCUT2D eigenvalue weighted by molar-refractivity contribution is 0.157. The van der Waals surface area contributed by atoms with Gasteiger partial charge in [0.05, 0.1) is 0 Å². The van der Waals surface area contributed by atoms with Crippen LogP contribution in [0.15, 0.2) is 41.7 Å². The predicted octanol–water partition coefficient (Wildman–Crippen LogP) is 2.63. The Morgan fingerprint density at radius 3 is 2.86 bits per heavy atom. The van der Waals surface area contributed by atoms with Crippen molar-refractivity contribution in [1.29, 1.82) is 0 Å². The first-order valence-electron chi connectivity index (χ1n) is 7.62. The second-order valence-electron chi connectivity index (χ2n) is 6.36. The van der Waals surface area contributed by atoms with E-state index in [1.165, 1.54) is 22.3 Å². The SMILES string of the molecule is Cc1cncc(-c2cccc3c2CC2(C3)N=C(N)OC2C)c1. The smallest absolute Gasteiger partial charge is 0.282 e. The Bertz CT molecular complexity index is 784. The fourth-order valence-electron chi connectivity index (χ4n) is 3.67. The van der Waals surface area contributed by atoms with Crippen molar-refractivity contribution in [1.82, 2.24) is 4.98 Å². The topological polar surface area (TPSA) is 60.5 Å². The van der Waals surface area contributed by atoms with Crippen LogP contribution in [0.25, 0.3) is 11.1 Å². The molecule has 4 heteroatoms. The quantitative estimate of drug-likeness (QED) is 0.879. The summed E-state index contributed by atoms with van der Waals surface area (Å²) in [4.78, 5) is 8.95. The molecule has 4 rings (SSSR count). The summed E-state index contributed by atoms with van der Waals surface area (Å²) in [6.45, 7) is 4.13. The van der Waals surface area contributed by atoms with Gasteiger partial charge in [-0.3, -0.25) is 4.98 Å². The van der Waals surface area contributed by atoms with Crippen LogP contribution in [0.2, 0.25) is 0 Å². The molecule has 0 saturated carbocycles. The lowest BCUT2D eigenvalue weighted by Gasteiger charge is -2.23. The van der Waals surface area contributed by atoms with Gasteiger partial charge in [-0.15, -0.1) is 0 Å². The Hall–Kier alpha value is -2.36. The Morgan fingerprint density at radius 2 is 2.14 bits per heavy atom. The Morgan fingerprint density at radius 1 is 1.27 bits per heavy atom. The van der Waals surface area contributed by atoms with E-state index >= 15 is 0 Å². The number of aryl methyl sites for hydroxylation is 1. The molecular weight excluding hydrogens is 274 g/mol. The van der Waals surface area contributed by atoms with Gasteiger partial charge in [-0.2, -0.15) is 0 Å². The highest BCUT2D eigenvalue weighted by molar-refractivity contribution is 5.76. The molecule has 2 aliphatic rings. The van der Waals surface area contributed by atoms with Crippen LogP contribution in [0.1, 0.15) is 23.6 Å². The molecule has 0 amide bonds. The summed E-state index contributed by atoms with van der Waals surface area (Å²) in [6, 6.07) is 8.97. The van der Waals surface area contributed by atoms with Crippen LogP contribution < -0.4 is 5.73 Å². The van der Waals surface area contributed by atoms with E-state index < -0.39 is 0 Å². The molecule has 2 unspecified atom stereocenters. The Kier molecular flexibility index (Phi) is 2.76. The first-order valence-corrected chi connectivity index (χ1v) is 7.62. The van der Waals surface area contributed by atoms with Gasteiger partial charge >= 0.3 is 0 Å². The lowest BCUT2D eigenvalue weighted by Crippen LogP contribution is -2.36. The molecule has 4 nitrogen and oxygen atoms in total. The Labute approximate surface area is 130 Å². The highest BCUT2D eigenvalue weighted by atomic mass is 16.5. The number of fused-ring (bicyclic) bond motifs is 1. The molecule has 1 aliphatic heterocycles. The maximum absolute atomic E-state index is 5.80. The Balaban J connectivity index is 1.81. The third kappa shape index (κ3) is 1.90. The number of hydrogen-bond acceptors (Lipinski definition) is 4.